The van der Waals surface area contributed by atoms with Gasteiger partial charge in [0.05, 0.1) is 6.54 Å². The Morgan fingerprint density at radius 2 is 1.38 bits per heavy atom. The minimum absolute atomic E-state index is 0.0192. The van der Waals surface area contributed by atoms with Gasteiger partial charge in [-0.2, -0.15) is 0 Å². The number of carbonyl (C=O) groups excluding carboxylic acids is 2. The molecular formula is C24H25N3O2. The normalized spacial score (nSPS) is 10.2. The van der Waals surface area contributed by atoms with Gasteiger partial charge in [0.2, 0.25) is 11.8 Å². The Morgan fingerprint density at radius 3 is 2.03 bits per heavy atom. The maximum Gasteiger partial charge on any atom is 0.246 e. The quantitative estimate of drug-likeness (QED) is 0.605. The maximum atomic E-state index is 12.3. The Labute approximate surface area is 171 Å². The Bertz CT molecular complexity index is 925. The van der Waals surface area contributed by atoms with E-state index in [1.807, 2.05) is 84.9 Å². The Hall–Kier alpha value is -3.60. The van der Waals surface area contributed by atoms with Crippen LogP contribution >= 0.6 is 0 Å². The molecule has 0 fully saturated rings. The molecule has 0 atom stereocenters. The molecule has 3 aromatic rings. The second kappa shape index (κ2) is 10.1. The summed E-state index contributed by atoms with van der Waals surface area (Å²) in [5.74, 6) is -0.0521. The van der Waals surface area contributed by atoms with Crippen LogP contribution in [0.15, 0.2) is 84.9 Å². The molecule has 29 heavy (non-hydrogen) atoms. The minimum atomic E-state index is -0.0329. The minimum Gasteiger partial charge on any atom is -0.376 e. The van der Waals surface area contributed by atoms with E-state index in [1.54, 1.807) is 11.9 Å². The number of anilines is 3. The van der Waals surface area contributed by atoms with Gasteiger partial charge in [-0.1, -0.05) is 48.5 Å². The fraction of sp³-hybridized carbons (Fsp3) is 0.167. The van der Waals surface area contributed by atoms with Crippen molar-refractivity contribution in [1.82, 2.24) is 0 Å². The Kier molecular flexibility index (Phi) is 7.00. The number of benzene rings is 3. The first-order valence-electron chi connectivity index (χ1n) is 9.61. The molecule has 0 aliphatic carbocycles. The number of para-hydroxylation sites is 1. The lowest BCUT2D eigenvalue weighted by molar-refractivity contribution is -0.117. The summed E-state index contributed by atoms with van der Waals surface area (Å²) < 4.78 is 0. The predicted molar refractivity (Wildman–Crippen MR) is 118 cm³/mol. The van der Waals surface area contributed by atoms with Gasteiger partial charge in [0, 0.05) is 30.5 Å². The van der Waals surface area contributed by atoms with E-state index >= 15 is 0 Å². The smallest absolute Gasteiger partial charge is 0.246 e. The van der Waals surface area contributed by atoms with Crippen molar-refractivity contribution in [2.75, 3.05) is 29.1 Å². The lowest BCUT2D eigenvalue weighted by Gasteiger charge is -2.18. The van der Waals surface area contributed by atoms with Crippen LogP contribution in [0.2, 0.25) is 0 Å². The summed E-state index contributed by atoms with van der Waals surface area (Å²) in [6.07, 6.45) is 1.15. The molecule has 0 bridgehead atoms. The highest BCUT2D eigenvalue weighted by Crippen LogP contribution is 2.15. The summed E-state index contributed by atoms with van der Waals surface area (Å²) in [5.41, 5.74) is 3.56. The van der Waals surface area contributed by atoms with Crippen molar-refractivity contribution in [3.63, 3.8) is 0 Å². The molecule has 2 N–H and O–H groups in total. The molecular weight excluding hydrogens is 362 g/mol. The highest BCUT2D eigenvalue weighted by Gasteiger charge is 2.10. The SMILES string of the molecule is CN(C(=O)CNc1ccc(NC(=O)CCc2ccccc2)cc1)c1ccccc1. The van der Waals surface area contributed by atoms with Crippen LogP contribution < -0.4 is 15.5 Å². The van der Waals surface area contributed by atoms with Crippen LogP contribution in [0.1, 0.15) is 12.0 Å². The van der Waals surface area contributed by atoms with Gasteiger partial charge >= 0.3 is 0 Å². The van der Waals surface area contributed by atoms with E-state index < -0.39 is 0 Å². The first-order valence-corrected chi connectivity index (χ1v) is 9.61. The number of amides is 2. The van der Waals surface area contributed by atoms with E-state index in [1.165, 1.54) is 0 Å². The average Bonchev–Trinajstić information content (AvgIpc) is 2.78. The summed E-state index contributed by atoms with van der Waals surface area (Å²) in [6, 6.07) is 26.8. The molecule has 0 radical (unpaired) electrons. The number of likely N-dealkylation sites (N-methyl/N-ethyl adjacent to an activating group) is 1. The van der Waals surface area contributed by atoms with E-state index in [0.29, 0.717) is 12.8 Å². The molecule has 0 heterocycles. The van der Waals surface area contributed by atoms with Gasteiger partial charge in [0.15, 0.2) is 0 Å². The molecule has 0 saturated carbocycles. The van der Waals surface area contributed by atoms with Crippen molar-refractivity contribution in [2.24, 2.45) is 0 Å². The summed E-state index contributed by atoms with van der Waals surface area (Å²) in [5, 5.41) is 6.02. The molecule has 0 aliphatic rings. The third-order valence-electron chi connectivity index (χ3n) is 4.61. The zero-order valence-corrected chi connectivity index (χ0v) is 16.5. The molecule has 2 amide bonds. The lowest BCUT2D eigenvalue weighted by Crippen LogP contribution is -2.32. The Balaban J connectivity index is 1.45. The van der Waals surface area contributed by atoms with Gasteiger partial charge < -0.3 is 15.5 Å². The van der Waals surface area contributed by atoms with Crippen molar-refractivity contribution in [2.45, 2.75) is 12.8 Å². The highest BCUT2D eigenvalue weighted by molar-refractivity contribution is 5.95. The molecule has 5 nitrogen and oxygen atoms in total. The van der Waals surface area contributed by atoms with Crippen molar-refractivity contribution >= 4 is 28.9 Å². The first kappa shape index (κ1) is 20.1. The zero-order chi connectivity index (χ0) is 20.5. The van der Waals surface area contributed by atoms with Gasteiger partial charge in [-0.05, 0) is 48.4 Å². The van der Waals surface area contributed by atoms with Crippen LogP contribution in [-0.4, -0.2) is 25.4 Å². The number of aryl methyl sites for hydroxylation is 1. The van der Waals surface area contributed by atoms with Crippen molar-refractivity contribution in [1.29, 1.82) is 0 Å². The van der Waals surface area contributed by atoms with Crippen LogP contribution in [0.4, 0.5) is 17.1 Å². The van der Waals surface area contributed by atoms with Crippen LogP contribution in [0.3, 0.4) is 0 Å². The van der Waals surface area contributed by atoms with E-state index in [9.17, 15) is 9.59 Å². The van der Waals surface area contributed by atoms with Crippen LogP contribution in [0, 0.1) is 0 Å². The van der Waals surface area contributed by atoms with Crippen LogP contribution in [0.25, 0.3) is 0 Å². The number of nitrogens with one attached hydrogen (secondary N) is 2. The van der Waals surface area contributed by atoms with E-state index in [2.05, 4.69) is 10.6 Å². The molecule has 0 spiro atoms. The molecule has 0 unspecified atom stereocenters. The van der Waals surface area contributed by atoms with Gasteiger partial charge in [-0.25, -0.2) is 0 Å². The molecule has 148 valence electrons. The molecule has 0 aromatic heterocycles. The van der Waals surface area contributed by atoms with Crippen LogP contribution in [0.5, 0.6) is 0 Å². The fourth-order valence-corrected chi connectivity index (χ4v) is 2.89. The number of hydrogen-bond donors (Lipinski definition) is 2. The van der Waals surface area contributed by atoms with Gasteiger partial charge in [0.25, 0.3) is 0 Å². The summed E-state index contributed by atoms with van der Waals surface area (Å²) in [4.78, 5) is 26.1. The van der Waals surface area contributed by atoms with Crippen molar-refractivity contribution in [3.05, 3.63) is 90.5 Å². The number of nitrogens with zero attached hydrogens (tertiary/aromatic N) is 1. The first-order chi connectivity index (χ1) is 14.1. The summed E-state index contributed by atoms with van der Waals surface area (Å²) >= 11 is 0. The van der Waals surface area contributed by atoms with E-state index in [-0.39, 0.29) is 18.4 Å². The largest absolute Gasteiger partial charge is 0.376 e. The molecule has 0 aliphatic heterocycles. The van der Waals surface area contributed by atoms with E-state index in [4.69, 9.17) is 0 Å². The number of hydrogen-bond acceptors (Lipinski definition) is 3. The number of carbonyl (C=O) groups is 2. The predicted octanol–water partition coefficient (Wildman–Crippen LogP) is 4.33. The Morgan fingerprint density at radius 1 is 0.793 bits per heavy atom. The van der Waals surface area contributed by atoms with Gasteiger partial charge in [-0.3, -0.25) is 9.59 Å². The zero-order valence-electron chi connectivity index (χ0n) is 16.5. The average molecular weight is 387 g/mol. The second-order valence-electron chi connectivity index (χ2n) is 6.75. The van der Waals surface area contributed by atoms with Gasteiger partial charge in [-0.15, -0.1) is 0 Å². The third-order valence-corrected chi connectivity index (χ3v) is 4.61. The molecule has 3 aromatic carbocycles. The van der Waals surface area contributed by atoms with Gasteiger partial charge in [0.1, 0.15) is 0 Å². The topological polar surface area (TPSA) is 61.4 Å². The second-order valence-corrected chi connectivity index (χ2v) is 6.75. The standard InChI is InChI=1S/C24H25N3O2/c1-27(22-10-6-3-7-11-22)24(29)18-25-20-13-15-21(16-14-20)26-23(28)17-12-19-8-4-2-5-9-19/h2-11,13-16,25H,12,17-18H2,1H3,(H,26,28). The summed E-state index contributed by atoms with van der Waals surface area (Å²) in [7, 11) is 1.76. The molecule has 3 rings (SSSR count). The van der Waals surface area contributed by atoms with Crippen molar-refractivity contribution in [3.8, 4) is 0 Å². The van der Waals surface area contributed by atoms with Crippen LogP contribution in [-0.2, 0) is 16.0 Å². The van der Waals surface area contributed by atoms with E-state index in [0.717, 1.165) is 22.6 Å². The summed E-state index contributed by atoms with van der Waals surface area (Å²) in [6.45, 7) is 0.189. The van der Waals surface area contributed by atoms with Crippen molar-refractivity contribution < 1.29 is 9.59 Å². The third kappa shape index (κ3) is 6.21. The molecule has 5 heteroatoms. The molecule has 0 saturated heterocycles. The maximum absolute atomic E-state index is 12.3. The fourth-order valence-electron chi connectivity index (χ4n) is 2.89. The number of rotatable bonds is 8. The lowest BCUT2D eigenvalue weighted by atomic mass is 10.1. The monoisotopic (exact) mass is 387 g/mol. The highest BCUT2D eigenvalue weighted by atomic mass is 16.2.